The molecule has 1 aromatic carbocycles. The van der Waals surface area contributed by atoms with E-state index in [1.54, 1.807) is 0 Å². The highest BCUT2D eigenvalue weighted by Crippen LogP contribution is 2.50. The van der Waals surface area contributed by atoms with Gasteiger partial charge in [0, 0.05) is 13.1 Å². The minimum atomic E-state index is -4.55. The maximum Gasteiger partial charge on any atom is 0.402 e. The number of hydrogen-bond acceptors (Lipinski definition) is 3. The Hall–Kier alpha value is -1.42. The standard InChI is InChI=1S/C24H32F3N3O2S/c25-24(26,27)17-30-16-23(28-33(30,31)32)21-8-9-22(23)15-20-13-18(6-7-19(20)14-21)5-4-12-29-10-2-1-3-11-29/h4-7,13,21-22,28H,1-3,8-12,14-17H2/b5-4+/t21-,22+,23+/m0/s1. The Balaban J connectivity index is 1.34. The number of alkyl halides is 3. The fourth-order valence-corrected chi connectivity index (χ4v) is 8.16. The van der Waals surface area contributed by atoms with Gasteiger partial charge in [-0.3, -0.25) is 4.90 Å². The number of nitrogens with one attached hydrogen (secondary N) is 1. The van der Waals surface area contributed by atoms with Gasteiger partial charge < -0.3 is 0 Å². The monoisotopic (exact) mass is 483 g/mol. The molecular weight excluding hydrogens is 451 g/mol. The molecule has 3 atom stereocenters. The summed E-state index contributed by atoms with van der Waals surface area (Å²) in [7, 11) is -4.14. The summed E-state index contributed by atoms with van der Waals surface area (Å²) in [5.74, 6) is 0.0154. The van der Waals surface area contributed by atoms with E-state index >= 15 is 0 Å². The van der Waals surface area contributed by atoms with E-state index in [0.29, 0.717) is 17.1 Å². The van der Waals surface area contributed by atoms with Gasteiger partial charge in [0.25, 0.3) is 10.2 Å². The van der Waals surface area contributed by atoms with E-state index in [2.05, 4.69) is 40.0 Å². The van der Waals surface area contributed by atoms with E-state index in [1.807, 2.05) is 0 Å². The number of halogens is 3. The highest BCUT2D eigenvalue weighted by atomic mass is 32.2. The fraction of sp³-hybridized carbons (Fsp3) is 0.667. The molecule has 182 valence electrons. The van der Waals surface area contributed by atoms with Gasteiger partial charge in [-0.1, -0.05) is 36.8 Å². The summed E-state index contributed by atoms with van der Waals surface area (Å²) in [5.41, 5.74) is 2.72. The lowest BCUT2D eigenvalue weighted by Gasteiger charge is -2.33. The maximum absolute atomic E-state index is 13.0. The van der Waals surface area contributed by atoms with Crippen LogP contribution in [-0.2, 0) is 23.1 Å². The second kappa shape index (κ2) is 8.66. The second-order valence-corrected chi connectivity index (χ2v) is 11.9. The molecule has 1 aromatic rings. The number of piperidine rings is 1. The molecule has 5 nitrogen and oxygen atoms in total. The number of nitrogens with zero attached hydrogens (tertiary/aromatic N) is 2. The van der Waals surface area contributed by atoms with Crippen molar-refractivity contribution >= 4 is 16.3 Å². The summed E-state index contributed by atoms with van der Waals surface area (Å²) in [6, 6.07) is 6.42. The Morgan fingerprint density at radius 1 is 1.06 bits per heavy atom. The highest BCUT2D eigenvalue weighted by molar-refractivity contribution is 7.87. The van der Waals surface area contributed by atoms with Gasteiger partial charge in [-0.05, 0) is 80.1 Å². The van der Waals surface area contributed by atoms with Crippen molar-refractivity contribution in [2.75, 3.05) is 32.7 Å². The summed E-state index contributed by atoms with van der Waals surface area (Å²) in [6.07, 6.45) is 6.72. The van der Waals surface area contributed by atoms with Crippen molar-refractivity contribution in [1.82, 2.24) is 13.9 Å². The lowest BCUT2D eigenvalue weighted by Crippen LogP contribution is -2.52. The van der Waals surface area contributed by atoms with E-state index in [1.165, 1.54) is 30.4 Å². The zero-order chi connectivity index (χ0) is 23.3. The zero-order valence-electron chi connectivity index (χ0n) is 18.8. The van der Waals surface area contributed by atoms with Crippen LogP contribution in [-0.4, -0.2) is 62.1 Å². The number of likely N-dealkylation sites (tertiary alicyclic amines) is 1. The molecule has 0 radical (unpaired) electrons. The average molecular weight is 484 g/mol. The Bertz CT molecular complexity index is 1020. The van der Waals surface area contributed by atoms with Crippen molar-refractivity contribution in [1.29, 1.82) is 0 Å². The van der Waals surface area contributed by atoms with Gasteiger partial charge in [-0.2, -0.15) is 30.6 Å². The van der Waals surface area contributed by atoms with Crippen molar-refractivity contribution < 1.29 is 21.6 Å². The molecule has 1 spiro atoms. The molecule has 1 N–H and O–H groups in total. The molecule has 2 aliphatic heterocycles. The molecule has 2 heterocycles. The first-order valence-electron chi connectivity index (χ1n) is 12.0. The third-order valence-corrected chi connectivity index (χ3v) is 9.63. The van der Waals surface area contributed by atoms with Crippen molar-refractivity contribution in [3.05, 3.63) is 41.0 Å². The Kier molecular flexibility index (Phi) is 6.12. The second-order valence-electron chi connectivity index (χ2n) is 10.2. The molecule has 4 aliphatic rings. The predicted molar refractivity (Wildman–Crippen MR) is 122 cm³/mol. The molecule has 2 bridgehead atoms. The lowest BCUT2D eigenvalue weighted by atomic mass is 9.79. The minimum Gasteiger partial charge on any atom is -0.300 e. The number of fused-ring (bicyclic) bond motifs is 1. The third-order valence-electron chi connectivity index (χ3n) is 8.06. The van der Waals surface area contributed by atoms with Crippen LogP contribution in [0, 0.1) is 11.8 Å². The quantitative estimate of drug-likeness (QED) is 0.710. The van der Waals surface area contributed by atoms with Crippen molar-refractivity contribution in [3.8, 4) is 0 Å². The van der Waals surface area contributed by atoms with Gasteiger partial charge in [0.1, 0.15) is 6.54 Å². The van der Waals surface area contributed by atoms with Gasteiger partial charge in [0.05, 0.1) is 5.54 Å². The van der Waals surface area contributed by atoms with E-state index < -0.39 is 28.5 Å². The van der Waals surface area contributed by atoms with Crippen molar-refractivity contribution in [2.45, 2.75) is 56.7 Å². The van der Waals surface area contributed by atoms with Gasteiger partial charge in [-0.25, -0.2) is 0 Å². The first-order valence-corrected chi connectivity index (χ1v) is 13.5. The molecule has 3 fully saturated rings. The zero-order valence-corrected chi connectivity index (χ0v) is 19.6. The lowest BCUT2D eigenvalue weighted by molar-refractivity contribution is -0.136. The van der Waals surface area contributed by atoms with Crippen LogP contribution in [0.25, 0.3) is 6.08 Å². The third kappa shape index (κ3) is 4.74. The summed E-state index contributed by atoms with van der Waals surface area (Å²) >= 11 is 0. The van der Waals surface area contributed by atoms with Crippen molar-refractivity contribution in [3.63, 3.8) is 0 Å². The van der Waals surface area contributed by atoms with E-state index in [-0.39, 0.29) is 18.4 Å². The van der Waals surface area contributed by atoms with Crippen LogP contribution in [0.5, 0.6) is 0 Å². The van der Waals surface area contributed by atoms with E-state index in [4.69, 9.17) is 0 Å². The van der Waals surface area contributed by atoms with Crippen LogP contribution < -0.4 is 4.72 Å². The van der Waals surface area contributed by atoms with Crippen LogP contribution in [0.1, 0.15) is 48.8 Å². The largest absolute Gasteiger partial charge is 0.402 e. The van der Waals surface area contributed by atoms with Gasteiger partial charge >= 0.3 is 6.18 Å². The molecule has 9 heteroatoms. The summed E-state index contributed by atoms with van der Waals surface area (Å²) < 4.78 is 67.7. The van der Waals surface area contributed by atoms with E-state index in [0.717, 1.165) is 38.0 Å². The van der Waals surface area contributed by atoms with Crippen LogP contribution in [0.4, 0.5) is 13.2 Å². The van der Waals surface area contributed by atoms with Crippen LogP contribution >= 0.6 is 0 Å². The average Bonchev–Trinajstić information content (AvgIpc) is 3.12. The molecule has 0 aromatic heterocycles. The predicted octanol–water partition coefficient (Wildman–Crippen LogP) is 3.76. The Morgan fingerprint density at radius 2 is 1.76 bits per heavy atom. The Morgan fingerprint density at radius 3 is 2.45 bits per heavy atom. The number of hydrogen-bond donors (Lipinski definition) is 1. The molecule has 33 heavy (non-hydrogen) atoms. The number of rotatable bonds is 4. The SMILES string of the molecule is O=S1(=O)N[C@@]2(CN1CC(F)(F)F)[C@@H]1CC[C@H]2Cc2ccc(/C=C/CN3CCCCC3)cc2C1. The molecule has 1 saturated carbocycles. The molecule has 2 saturated heterocycles. The van der Waals surface area contributed by atoms with Crippen LogP contribution in [0.15, 0.2) is 24.3 Å². The smallest absolute Gasteiger partial charge is 0.300 e. The Labute approximate surface area is 194 Å². The minimum absolute atomic E-state index is 0.00402. The molecule has 2 aliphatic carbocycles. The van der Waals surface area contributed by atoms with E-state index in [9.17, 15) is 21.6 Å². The van der Waals surface area contributed by atoms with Gasteiger partial charge in [-0.15, -0.1) is 0 Å². The first kappa shape index (κ1) is 23.3. The topological polar surface area (TPSA) is 52.7 Å². The molecule has 0 unspecified atom stereocenters. The molecule has 5 rings (SSSR count). The maximum atomic E-state index is 13.0. The molecular formula is C24H32F3N3O2S. The van der Waals surface area contributed by atoms with Gasteiger partial charge in [0.2, 0.25) is 0 Å². The van der Waals surface area contributed by atoms with Crippen LogP contribution in [0.3, 0.4) is 0 Å². The highest BCUT2D eigenvalue weighted by Gasteiger charge is 2.60. The summed E-state index contributed by atoms with van der Waals surface area (Å²) in [5, 5.41) is 0. The fourth-order valence-electron chi connectivity index (χ4n) is 6.45. The first-order chi connectivity index (χ1) is 15.6. The summed E-state index contributed by atoms with van der Waals surface area (Å²) in [4.78, 5) is 2.46. The molecule has 0 amide bonds. The number of benzene rings is 1. The van der Waals surface area contributed by atoms with Gasteiger partial charge in [0.15, 0.2) is 0 Å². The van der Waals surface area contributed by atoms with Crippen molar-refractivity contribution in [2.24, 2.45) is 11.8 Å². The summed E-state index contributed by atoms with van der Waals surface area (Å²) in [6.45, 7) is 1.73. The normalized spacial score (nSPS) is 32.5. The van der Waals surface area contributed by atoms with Crippen LogP contribution in [0.2, 0.25) is 0 Å².